The van der Waals surface area contributed by atoms with Crippen LogP contribution in [0.5, 0.6) is 11.5 Å². The first kappa shape index (κ1) is 21.1. The molecule has 0 aliphatic rings. The van der Waals surface area contributed by atoms with Crippen molar-refractivity contribution in [1.29, 1.82) is 0 Å². The molecule has 0 saturated carbocycles. The summed E-state index contributed by atoms with van der Waals surface area (Å²) in [7, 11) is 1.53. The van der Waals surface area contributed by atoms with Crippen molar-refractivity contribution in [2.75, 3.05) is 13.7 Å². The van der Waals surface area contributed by atoms with Crippen molar-refractivity contribution >= 4 is 17.5 Å². The zero-order valence-electron chi connectivity index (χ0n) is 16.2. The van der Waals surface area contributed by atoms with E-state index in [-0.39, 0.29) is 18.1 Å². The number of hydrogen-bond acceptors (Lipinski definition) is 4. The van der Waals surface area contributed by atoms with Gasteiger partial charge in [-0.3, -0.25) is 4.79 Å². The highest BCUT2D eigenvalue weighted by Gasteiger charge is 2.25. The molecular weight excluding hydrogens is 364 g/mol. The Morgan fingerprint density at radius 3 is 2.44 bits per heavy atom. The number of ether oxygens (including phenoxy) is 2. The Labute approximate surface area is 165 Å². The van der Waals surface area contributed by atoms with Crippen LogP contribution in [0.25, 0.3) is 0 Å². The van der Waals surface area contributed by atoms with Gasteiger partial charge in [0.25, 0.3) is 5.91 Å². The molecule has 3 N–H and O–H groups in total. The maximum Gasteiger partial charge on any atom is 0.255 e. The average molecular weight is 391 g/mol. The second-order valence-electron chi connectivity index (χ2n) is 7.45. The van der Waals surface area contributed by atoms with Crippen LogP contribution in [-0.2, 0) is 11.3 Å². The number of benzene rings is 2. The molecule has 1 amide bonds. The van der Waals surface area contributed by atoms with Crippen LogP contribution in [0, 0.1) is 5.41 Å². The van der Waals surface area contributed by atoms with Crippen molar-refractivity contribution < 1.29 is 14.3 Å². The van der Waals surface area contributed by atoms with E-state index in [9.17, 15) is 4.79 Å². The molecule has 0 fully saturated rings. The Kier molecular flexibility index (Phi) is 7.11. The summed E-state index contributed by atoms with van der Waals surface area (Å²) in [5, 5.41) is 3.99. The second-order valence-corrected chi connectivity index (χ2v) is 7.86. The molecule has 146 valence electrons. The minimum atomic E-state index is -0.574. The van der Waals surface area contributed by atoms with Gasteiger partial charge in [-0.2, -0.15) is 0 Å². The fraction of sp³-hybridized carbons (Fsp3) is 0.381. The number of nitrogens with one attached hydrogen (secondary N) is 1. The van der Waals surface area contributed by atoms with E-state index in [1.807, 2.05) is 24.3 Å². The lowest BCUT2D eigenvalue weighted by atomic mass is 9.82. The Bertz CT molecular complexity index is 773. The molecule has 2 aromatic carbocycles. The molecule has 27 heavy (non-hydrogen) atoms. The first-order chi connectivity index (χ1) is 12.7. The van der Waals surface area contributed by atoms with Gasteiger partial charge in [-0.15, -0.1) is 0 Å². The van der Waals surface area contributed by atoms with Crippen LogP contribution in [0.2, 0.25) is 5.02 Å². The lowest BCUT2D eigenvalue weighted by Gasteiger charge is -2.32. The Morgan fingerprint density at radius 2 is 1.89 bits per heavy atom. The lowest BCUT2D eigenvalue weighted by molar-refractivity contribution is -0.119. The summed E-state index contributed by atoms with van der Waals surface area (Å²) < 4.78 is 10.7. The van der Waals surface area contributed by atoms with Crippen molar-refractivity contribution in [3.05, 3.63) is 58.6 Å². The minimum absolute atomic E-state index is 0.0276. The largest absolute Gasteiger partial charge is 0.493 e. The molecule has 0 aliphatic carbocycles. The normalized spacial score (nSPS) is 12.5. The zero-order valence-corrected chi connectivity index (χ0v) is 17.0. The molecule has 0 aromatic heterocycles. The van der Waals surface area contributed by atoms with E-state index in [0.29, 0.717) is 23.1 Å². The van der Waals surface area contributed by atoms with Gasteiger partial charge in [0, 0.05) is 12.6 Å². The number of carbonyl (C=O) groups excluding carboxylic acids is 1. The van der Waals surface area contributed by atoms with Crippen LogP contribution in [-0.4, -0.2) is 19.6 Å². The van der Waals surface area contributed by atoms with Gasteiger partial charge in [-0.1, -0.05) is 62.7 Å². The van der Waals surface area contributed by atoms with E-state index >= 15 is 0 Å². The van der Waals surface area contributed by atoms with E-state index in [1.165, 1.54) is 12.7 Å². The number of primary amides is 1. The van der Waals surface area contributed by atoms with Gasteiger partial charge < -0.3 is 20.5 Å². The van der Waals surface area contributed by atoms with E-state index in [1.54, 1.807) is 6.07 Å². The number of halogens is 1. The van der Waals surface area contributed by atoms with Crippen LogP contribution in [0.15, 0.2) is 42.5 Å². The molecule has 2 aromatic rings. The van der Waals surface area contributed by atoms with E-state index in [2.05, 4.69) is 38.2 Å². The van der Waals surface area contributed by atoms with Crippen LogP contribution in [0.1, 0.15) is 37.9 Å². The lowest BCUT2D eigenvalue weighted by Crippen LogP contribution is -2.32. The third-order valence-corrected chi connectivity index (χ3v) is 4.44. The van der Waals surface area contributed by atoms with Crippen molar-refractivity contribution in [3.63, 3.8) is 0 Å². The SMILES string of the molecule is COc1cc(CNC(c2ccccc2)C(C)(C)C)cc(Cl)c1OCC(N)=O. The molecule has 1 unspecified atom stereocenters. The predicted molar refractivity (Wildman–Crippen MR) is 108 cm³/mol. The molecule has 0 spiro atoms. The summed E-state index contributed by atoms with van der Waals surface area (Å²) in [5.74, 6) is 0.208. The summed E-state index contributed by atoms with van der Waals surface area (Å²) in [5.41, 5.74) is 7.34. The molecule has 6 heteroatoms. The topological polar surface area (TPSA) is 73.6 Å². The Morgan fingerprint density at radius 1 is 1.22 bits per heavy atom. The summed E-state index contributed by atoms with van der Waals surface area (Å²) in [6.07, 6.45) is 0. The van der Waals surface area contributed by atoms with Gasteiger partial charge >= 0.3 is 0 Å². The summed E-state index contributed by atoms with van der Waals surface area (Å²) in [6, 6.07) is 14.2. The van der Waals surface area contributed by atoms with Gasteiger partial charge in [-0.05, 0) is 28.7 Å². The van der Waals surface area contributed by atoms with E-state index < -0.39 is 5.91 Å². The van der Waals surface area contributed by atoms with E-state index in [4.69, 9.17) is 26.8 Å². The van der Waals surface area contributed by atoms with Crippen LogP contribution >= 0.6 is 11.6 Å². The molecule has 0 heterocycles. The summed E-state index contributed by atoms with van der Waals surface area (Å²) in [4.78, 5) is 11.0. The van der Waals surface area contributed by atoms with Gasteiger partial charge in [0.05, 0.1) is 12.1 Å². The van der Waals surface area contributed by atoms with Crippen LogP contribution in [0.4, 0.5) is 0 Å². The smallest absolute Gasteiger partial charge is 0.255 e. The van der Waals surface area contributed by atoms with Gasteiger partial charge in [0.1, 0.15) is 0 Å². The van der Waals surface area contributed by atoms with Gasteiger partial charge in [-0.25, -0.2) is 0 Å². The third kappa shape index (κ3) is 5.88. The molecule has 2 rings (SSSR count). The first-order valence-corrected chi connectivity index (χ1v) is 9.16. The maximum atomic E-state index is 11.0. The quantitative estimate of drug-likeness (QED) is 0.712. The van der Waals surface area contributed by atoms with Crippen molar-refractivity contribution in [2.45, 2.75) is 33.4 Å². The number of rotatable bonds is 8. The fourth-order valence-electron chi connectivity index (χ4n) is 2.95. The van der Waals surface area contributed by atoms with Crippen LogP contribution < -0.4 is 20.5 Å². The number of nitrogens with two attached hydrogens (primary N) is 1. The van der Waals surface area contributed by atoms with Crippen molar-refractivity contribution in [1.82, 2.24) is 5.32 Å². The highest BCUT2D eigenvalue weighted by molar-refractivity contribution is 6.32. The highest BCUT2D eigenvalue weighted by atomic mass is 35.5. The molecule has 5 nitrogen and oxygen atoms in total. The summed E-state index contributed by atoms with van der Waals surface area (Å²) in [6.45, 7) is 6.95. The summed E-state index contributed by atoms with van der Waals surface area (Å²) >= 11 is 6.33. The van der Waals surface area contributed by atoms with Crippen molar-refractivity contribution in [2.24, 2.45) is 11.1 Å². The molecule has 0 bridgehead atoms. The maximum absolute atomic E-state index is 11.0. The predicted octanol–water partition coefficient (Wildman–Crippen LogP) is 4.09. The molecule has 0 aliphatic heterocycles. The monoisotopic (exact) mass is 390 g/mol. The number of carbonyl (C=O) groups is 1. The van der Waals surface area contributed by atoms with E-state index in [0.717, 1.165) is 5.56 Å². The first-order valence-electron chi connectivity index (χ1n) is 8.78. The molecule has 1 atom stereocenters. The molecule has 0 radical (unpaired) electrons. The number of amides is 1. The van der Waals surface area contributed by atoms with Gasteiger partial charge in [0.15, 0.2) is 18.1 Å². The zero-order chi connectivity index (χ0) is 20.0. The standard InChI is InChI=1S/C21H27ClN2O3/c1-21(2,3)20(15-8-6-5-7-9-15)24-12-14-10-16(22)19(17(11-14)26-4)27-13-18(23)25/h5-11,20,24H,12-13H2,1-4H3,(H2,23,25). The van der Waals surface area contributed by atoms with Crippen molar-refractivity contribution in [3.8, 4) is 11.5 Å². The Hall–Kier alpha value is -2.24. The highest BCUT2D eigenvalue weighted by Crippen LogP contribution is 2.37. The minimum Gasteiger partial charge on any atom is -0.493 e. The third-order valence-electron chi connectivity index (χ3n) is 4.16. The fourth-order valence-corrected chi connectivity index (χ4v) is 3.24. The number of hydrogen-bond donors (Lipinski definition) is 2. The van der Waals surface area contributed by atoms with Crippen LogP contribution in [0.3, 0.4) is 0 Å². The Balaban J connectivity index is 2.20. The number of methoxy groups -OCH3 is 1. The van der Waals surface area contributed by atoms with Gasteiger partial charge in [0.2, 0.25) is 0 Å². The molecular formula is C21H27ClN2O3. The average Bonchev–Trinajstić information content (AvgIpc) is 2.60. The molecule has 0 saturated heterocycles. The second kappa shape index (κ2) is 9.11.